The van der Waals surface area contributed by atoms with Crippen LogP contribution in [-0.2, 0) is 20.8 Å². The molecule has 2 N–H and O–H groups in total. The number of alkyl halides is 5. The summed E-state index contributed by atoms with van der Waals surface area (Å²) in [5, 5.41) is 12.6. The van der Waals surface area contributed by atoms with E-state index in [-0.39, 0.29) is 41.5 Å². The number of nitrogens with zero attached hydrogens (tertiary/aromatic N) is 1. The van der Waals surface area contributed by atoms with Gasteiger partial charge in [0, 0.05) is 24.1 Å². The molecule has 1 saturated heterocycles. The predicted molar refractivity (Wildman–Crippen MR) is 161 cm³/mol. The van der Waals surface area contributed by atoms with Crippen LogP contribution in [0, 0.1) is 0 Å². The van der Waals surface area contributed by atoms with E-state index in [0.29, 0.717) is 11.3 Å². The van der Waals surface area contributed by atoms with Crippen molar-refractivity contribution in [3.8, 4) is 5.75 Å². The van der Waals surface area contributed by atoms with Gasteiger partial charge in [-0.15, -0.1) is 0 Å². The first-order valence-corrected chi connectivity index (χ1v) is 16.3. The summed E-state index contributed by atoms with van der Waals surface area (Å²) in [6.07, 6.45) is -8.66. The Labute approximate surface area is 264 Å². The highest BCUT2D eigenvalue weighted by Crippen LogP contribution is 2.33. The van der Waals surface area contributed by atoms with Gasteiger partial charge < -0.3 is 24.8 Å². The predicted octanol–water partition coefficient (Wildman–Crippen LogP) is 6.01. The molecule has 0 saturated carbocycles. The molecular weight excluding hydrogens is 635 g/mol. The number of hydrogen-bond donors (Lipinski definition) is 2. The summed E-state index contributed by atoms with van der Waals surface area (Å²) in [5.41, 5.74) is 0.505. The lowest BCUT2D eigenvalue weighted by Gasteiger charge is -2.28. The average Bonchev–Trinajstić information content (AvgIpc) is 3.45. The van der Waals surface area contributed by atoms with E-state index in [1.807, 2.05) is 0 Å². The Hall–Kier alpha value is -3.75. The number of sulfone groups is 1. The van der Waals surface area contributed by atoms with Crippen molar-refractivity contribution in [1.29, 1.82) is 0 Å². The molecule has 3 atom stereocenters. The summed E-state index contributed by atoms with van der Waals surface area (Å²) < 4.78 is 102. The van der Waals surface area contributed by atoms with Crippen molar-refractivity contribution >= 4 is 21.4 Å². The van der Waals surface area contributed by atoms with E-state index in [0.717, 1.165) is 12.1 Å². The minimum Gasteiger partial charge on any atom is -0.489 e. The monoisotopic (exact) mass is 670 g/mol. The highest BCUT2D eigenvalue weighted by Gasteiger charge is 2.37. The minimum atomic E-state index is -4.50. The summed E-state index contributed by atoms with van der Waals surface area (Å²) in [6, 6.07) is 15.0. The molecule has 0 bridgehead atoms. The molecule has 3 aromatic rings. The number of halogens is 5. The Morgan fingerprint density at radius 2 is 1.61 bits per heavy atom. The molecule has 1 aliphatic heterocycles. The fraction of sp³-hybridized carbons (Fsp3) is 0.406. The second-order valence-corrected chi connectivity index (χ2v) is 13.1. The van der Waals surface area contributed by atoms with Gasteiger partial charge >= 0.3 is 12.3 Å². The smallest absolute Gasteiger partial charge is 0.416 e. The summed E-state index contributed by atoms with van der Waals surface area (Å²) in [7, 11) is -3.41. The summed E-state index contributed by atoms with van der Waals surface area (Å²) in [4.78, 5) is 14.9. The van der Waals surface area contributed by atoms with Gasteiger partial charge in [0.25, 0.3) is 5.91 Å². The van der Waals surface area contributed by atoms with Crippen LogP contribution in [0.15, 0.2) is 77.7 Å². The molecule has 1 unspecified atom stereocenters. The molecule has 1 heterocycles. The van der Waals surface area contributed by atoms with Crippen molar-refractivity contribution in [1.82, 2.24) is 5.32 Å². The number of aliphatic hydroxyl groups excluding tert-OH is 1. The lowest BCUT2D eigenvalue weighted by Crippen LogP contribution is -2.36. The molecule has 0 spiro atoms. The first-order chi connectivity index (χ1) is 21.7. The largest absolute Gasteiger partial charge is 0.489 e. The number of aliphatic hydroxyl groups is 1. The number of nitrogens with one attached hydrogen (secondary N) is 1. The Bertz CT molecular complexity index is 1570. The van der Waals surface area contributed by atoms with Crippen LogP contribution in [-0.4, -0.2) is 63.2 Å². The van der Waals surface area contributed by atoms with E-state index >= 15 is 0 Å². The number of ether oxygens (including phenoxy) is 2. The van der Waals surface area contributed by atoms with Gasteiger partial charge in [-0.25, -0.2) is 8.42 Å². The van der Waals surface area contributed by atoms with Crippen LogP contribution in [0.2, 0.25) is 0 Å². The first-order valence-electron chi connectivity index (χ1n) is 14.6. The van der Waals surface area contributed by atoms with Crippen molar-refractivity contribution < 1.29 is 49.7 Å². The molecule has 8 nitrogen and oxygen atoms in total. The van der Waals surface area contributed by atoms with Crippen molar-refractivity contribution in [3.63, 3.8) is 0 Å². The third-order valence-electron chi connectivity index (χ3n) is 7.73. The number of carbonyl (C=O) groups excluding carboxylic acids is 1. The third-order valence-corrected chi connectivity index (χ3v) is 9.48. The minimum absolute atomic E-state index is 0.0637. The lowest BCUT2D eigenvalue weighted by molar-refractivity contribution is -0.241. The van der Waals surface area contributed by atoms with Gasteiger partial charge in [-0.05, 0) is 66.2 Å². The fourth-order valence-electron chi connectivity index (χ4n) is 5.02. The third kappa shape index (κ3) is 8.74. The molecule has 0 aliphatic carbocycles. The molecule has 46 heavy (non-hydrogen) atoms. The Balaban J connectivity index is 1.46. The Morgan fingerprint density at radius 1 is 0.978 bits per heavy atom. The van der Waals surface area contributed by atoms with Crippen LogP contribution in [0.1, 0.15) is 54.2 Å². The number of benzene rings is 3. The van der Waals surface area contributed by atoms with Gasteiger partial charge in [-0.1, -0.05) is 26.0 Å². The zero-order valence-corrected chi connectivity index (χ0v) is 26.0. The number of anilines is 1. The Morgan fingerprint density at radius 3 is 2.15 bits per heavy atom. The molecular formula is C32H35F5N2O6S. The molecule has 250 valence electrons. The quantitative estimate of drug-likeness (QED) is 0.215. The van der Waals surface area contributed by atoms with Crippen LogP contribution < -0.4 is 15.0 Å². The van der Waals surface area contributed by atoms with E-state index in [9.17, 15) is 40.3 Å². The molecule has 14 heteroatoms. The maximum absolute atomic E-state index is 13.9. The molecule has 1 amide bonds. The van der Waals surface area contributed by atoms with Crippen LogP contribution in [0.4, 0.5) is 27.6 Å². The maximum atomic E-state index is 13.9. The zero-order valence-electron chi connectivity index (χ0n) is 25.1. The first kappa shape index (κ1) is 35.1. The molecule has 3 aromatic carbocycles. The summed E-state index contributed by atoms with van der Waals surface area (Å²) >= 11 is 0. The standard InChI is InChI=1S/C32H35F5N2O6S/c1-3-31(33,34)44-20-25-17-27(45-26-13-9-23(10-14-26)32(35,36)37)18-39(25)24-11-5-22(6-12-24)30(41)38-29(19-40)21-7-15-28(16-8-21)46(42,43)4-2/h5-16,25,27,29,40H,3-4,17-20H2,1-2H3,(H,38,41)/t25-,27+,29?/m0/s1. The van der Waals surface area contributed by atoms with Gasteiger partial charge in [-0.3, -0.25) is 4.79 Å². The van der Waals surface area contributed by atoms with Gasteiger partial charge in [0.05, 0.1) is 48.1 Å². The fourth-order valence-corrected chi connectivity index (χ4v) is 5.91. The molecule has 1 aliphatic rings. The topological polar surface area (TPSA) is 105 Å². The number of rotatable bonds is 13. The maximum Gasteiger partial charge on any atom is 0.416 e. The van der Waals surface area contributed by atoms with Gasteiger partial charge in [-0.2, -0.15) is 22.0 Å². The van der Waals surface area contributed by atoms with Gasteiger partial charge in [0.1, 0.15) is 11.9 Å². The highest BCUT2D eigenvalue weighted by atomic mass is 32.2. The molecule has 0 radical (unpaired) electrons. The number of carbonyl (C=O) groups is 1. The van der Waals surface area contributed by atoms with Crippen LogP contribution >= 0.6 is 0 Å². The SMILES string of the molecule is CCC(F)(F)OC[C@@H]1C[C@@H](Oc2ccc(C(F)(F)F)cc2)CN1c1ccc(C(=O)NC(CO)c2ccc(S(=O)(=O)CC)cc2)cc1. The second kappa shape index (κ2) is 14.3. The van der Waals surface area contributed by atoms with E-state index in [2.05, 4.69) is 5.32 Å². The van der Waals surface area contributed by atoms with Crippen molar-refractivity contribution in [2.75, 3.05) is 30.4 Å². The Kier molecular flexibility index (Phi) is 11.0. The van der Waals surface area contributed by atoms with E-state index in [1.165, 1.54) is 62.4 Å². The van der Waals surface area contributed by atoms with Gasteiger partial charge in [0.15, 0.2) is 9.84 Å². The zero-order chi connectivity index (χ0) is 33.7. The summed E-state index contributed by atoms with van der Waals surface area (Å²) in [6.45, 7) is 2.26. The number of hydrogen-bond acceptors (Lipinski definition) is 7. The number of amides is 1. The van der Waals surface area contributed by atoms with E-state index in [4.69, 9.17) is 9.47 Å². The molecule has 4 rings (SSSR count). The lowest BCUT2D eigenvalue weighted by atomic mass is 10.1. The average molecular weight is 671 g/mol. The van der Waals surface area contributed by atoms with E-state index < -0.39 is 64.8 Å². The van der Waals surface area contributed by atoms with E-state index in [1.54, 1.807) is 17.0 Å². The molecule has 1 fully saturated rings. The van der Waals surface area contributed by atoms with Crippen molar-refractivity contribution in [2.45, 2.75) is 62.1 Å². The van der Waals surface area contributed by atoms with Gasteiger partial charge in [0.2, 0.25) is 0 Å². The van der Waals surface area contributed by atoms with Crippen LogP contribution in [0.5, 0.6) is 5.75 Å². The normalized spacial score (nSPS) is 18.0. The van der Waals surface area contributed by atoms with Crippen LogP contribution in [0.25, 0.3) is 0 Å². The highest BCUT2D eigenvalue weighted by molar-refractivity contribution is 7.91. The second-order valence-electron chi connectivity index (χ2n) is 10.8. The summed E-state index contributed by atoms with van der Waals surface area (Å²) in [5.74, 6) is -0.375. The van der Waals surface area contributed by atoms with Crippen LogP contribution in [0.3, 0.4) is 0 Å². The van der Waals surface area contributed by atoms with Crippen molar-refractivity contribution in [2.24, 2.45) is 0 Å². The van der Waals surface area contributed by atoms with Crippen molar-refractivity contribution in [3.05, 3.63) is 89.5 Å². The molecule has 0 aromatic heterocycles.